The third-order valence-electron chi connectivity index (χ3n) is 2.40. The summed E-state index contributed by atoms with van der Waals surface area (Å²) in [5.41, 5.74) is 0. The number of rotatable bonds is 2. The zero-order chi connectivity index (χ0) is 8.10. The fraction of sp³-hybridized carbons (Fsp3) is 1.00. The zero-order valence-electron chi connectivity index (χ0n) is 7.28. The molecule has 11 heavy (non-hydrogen) atoms. The number of hydrogen-bond acceptors (Lipinski definition) is 1. The summed E-state index contributed by atoms with van der Waals surface area (Å²) >= 11 is 6.20. The van der Waals surface area contributed by atoms with Crippen molar-refractivity contribution in [2.24, 2.45) is 0 Å². The van der Waals surface area contributed by atoms with Gasteiger partial charge in [-0.3, -0.25) is 0 Å². The lowest BCUT2D eigenvalue weighted by molar-refractivity contribution is 0.478. The molecule has 1 aliphatic carbocycles. The van der Waals surface area contributed by atoms with Crippen LogP contribution in [0.3, 0.4) is 0 Å². The van der Waals surface area contributed by atoms with Crippen LogP contribution >= 0.6 is 11.6 Å². The molecular weight excluding hydrogens is 158 g/mol. The van der Waals surface area contributed by atoms with E-state index in [-0.39, 0.29) is 0 Å². The van der Waals surface area contributed by atoms with Crippen LogP contribution in [0.5, 0.6) is 0 Å². The summed E-state index contributed by atoms with van der Waals surface area (Å²) in [4.78, 5) is 0. The molecule has 0 radical (unpaired) electrons. The number of alkyl halides is 1. The number of halogens is 1. The van der Waals surface area contributed by atoms with Gasteiger partial charge in [-0.1, -0.05) is 26.2 Å². The fourth-order valence-electron chi connectivity index (χ4n) is 1.75. The Morgan fingerprint density at radius 1 is 1.27 bits per heavy atom. The lowest BCUT2D eigenvalue weighted by Gasteiger charge is -2.19. The molecule has 0 aromatic rings. The zero-order valence-corrected chi connectivity index (χ0v) is 8.03. The minimum atomic E-state index is 0.373. The van der Waals surface area contributed by atoms with Crippen molar-refractivity contribution in [3.8, 4) is 0 Å². The monoisotopic (exact) mass is 175 g/mol. The number of nitrogens with one attached hydrogen (secondary N) is 1. The first-order valence-electron chi connectivity index (χ1n) is 4.72. The molecule has 2 heteroatoms. The maximum absolute atomic E-state index is 6.20. The third-order valence-corrected chi connectivity index (χ3v) is 2.92. The SMILES string of the molecule is CCNC1CCCCCC1Cl. The maximum atomic E-state index is 6.20. The first-order valence-corrected chi connectivity index (χ1v) is 5.15. The van der Waals surface area contributed by atoms with Crippen molar-refractivity contribution in [1.29, 1.82) is 0 Å². The van der Waals surface area contributed by atoms with Gasteiger partial charge in [0.05, 0.1) is 0 Å². The molecule has 2 unspecified atom stereocenters. The summed E-state index contributed by atoms with van der Waals surface area (Å²) < 4.78 is 0. The molecule has 0 aromatic carbocycles. The Labute approximate surface area is 74.5 Å². The van der Waals surface area contributed by atoms with Crippen LogP contribution < -0.4 is 5.32 Å². The molecule has 1 fully saturated rings. The van der Waals surface area contributed by atoms with E-state index in [1.165, 1.54) is 32.1 Å². The van der Waals surface area contributed by atoms with E-state index in [1.54, 1.807) is 0 Å². The van der Waals surface area contributed by atoms with Gasteiger partial charge in [0.15, 0.2) is 0 Å². The van der Waals surface area contributed by atoms with Crippen LogP contribution in [0.1, 0.15) is 39.0 Å². The van der Waals surface area contributed by atoms with E-state index in [0.717, 1.165) is 6.54 Å². The summed E-state index contributed by atoms with van der Waals surface area (Å²) in [5.74, 6) is 0. The van der Waals surface area contributed by atoms with E-state index in [9.17, 15) is 0 Å². The summed E-state index contributed by atoms with van der Waals surface area (Å²) in [6.45, 7) is 3.20. The van der Waals surface area contributed by atoms with E-state index < -0.39 is 0 Å². The third kappa shape index (κ3) is 3.00. The Morgan fingerprint density at radius 2 is 2.00 bits per heavy atom. The van der Waals surface area contributed by atoms with Crippen molar-refractivity contribution in [1.82, 2.24) is 5.32 Å². The van der Waals surface area contributed by atoms with Gasteiger partial charge in [-0.2, -0.15) is 0 Å². The van der Waals surface area contributed by atoms with Gasteiger partial charge in [-0.05, 0) is 19.4 Å². The summed E-state index contributed by atoms with van der Waals surface area (Å²) in [6, 6.07) is 0.573. The molecule has 1 N–H and O–H groups in total. The molecule has 0 spiro atoms. The van der Waals surface area contributed by atoms with Crippen LogP contribution in [-0.4, -0.2) is 18.0 Å². The second-order valence-corrected chi connectivity index (χ2v) is 3.88. The first kappa shape index (κ1) is 9.34. The lowest BCUT2D eigenvalue weighted by atomic mass is 10.1. The van der Waals surface area contributed by atoms with Gasteiger partial charge in [0.2, 0.25) is 0 Å². The van der Waals surface area contributed by atoms with Crippen LogP contribution in [0.15, 0.2) is 0 Å². The molecule has 0 amide bonds. The van der Waals surface area contributed by atoms with E-state index in [0.29, 0.717) is 11.4 Å². The molecule has 1 rings (SSSR count). The second-order valence-electron chi connectivity index (χ2n) is 3.32. The van der Waals surface area contributed by atoms with E-state index in [2.05, 4.69) is 12.2 Å². The fourth-order valence-corrected chi connectivity index (χ4v) is 2.12. The van der Waals surface area contributed by atoms with Crippen LogP contribution in [-0.2, 0) is 0 Å². The smallest absolute Gasteiger partial charge is 0.0489 e. The Morgan fingerprint density at radius 3 is 2.73 bits per heavy atom. The largest absolute Gasteiger partial charge is 0.313 e. The van der Waals surface area contributed by atoms with Gasteiger partial charge in [-0.25, -0.2) is 0 Å². The topological polar surface area (TPSA) is 12.0 Å². The predicted octanol–water partition coefficient (Wildman–Crippen LogP) is 2.54. The van der Waals surface area contributed by atoms with Crippen molar-refractivity contribution < 1.29 is 0 Å². The van der Waals surface area contributed by atoms with Crippen LogP contribution in [0.2, 0.25) is 0 Å². The molecule has 0 bridgehead atoms. The highest BCUT2D eigenvalue weighted by atomic mass is 35.5. The van der Waals surface area contributed by atoms with Gasteiger partial charge < -0.3 is 5.32 Å². The highest BCUT2D eigenvalue weighted by molar-refractivity contribution is 6.21. The molecule has 1 aliphatic rings. The van der Waals surface area contributed by atoms with E-state index in [4.69, 9.17) is 11.6 Å². The Balaban J connectivity index is 2.32. The van der Waals surface area contributed by atoms with Crippen molar-refractivity contribution >= 4 is 11.6 Å². The van der Waals surface area contributed by atoms with Crippen LogP contribution in [0.25, 0.3) is 0 Å². The predicted molar refractivity (Wildman–Crippen MR) is 50.2 cm³/mol. The molecular formula is C9H18ClN. The Hall–Kier alpha value is 0.250. The minimum absolute atomic E-state index is 0.373. The molecule has 2 atom stereocenters. The highest BCUT2D eigenvalue weighted by Gasteiger charge is 2.19. The molecule has 66 valence electrons. The Kier molecular flexibility index (Phi) is 4.24. The highest BCUT2D eigenvalue weighted by Crippen LogP contribution is 2.21. The summed E-state index contributed by atoms with van der Waals surface area (Å²) in [6.07, 6.45) is 6.49. The van der Waals surface area contributed by atoms with Gasteiger partial charge in [0.1, 0.15) is 0 Å². The lowest BCUT2D eigenvalue weighted by Crippen LogP contribution is -2.35. The van der Waals surface area contributed by atoms with Gasteiger partial charge in [0, 0.05) is 11.4 Å². The molecule has 0 saturated heterocycles. The standard InChI is InChI=1S/C9H18ClN/c1-2-11-9-7-5-3-4-6-8(9)10/h8-9,11H,2-7H2,1H3. The molecule has 0 heterocycles. The normalized spacial score (nSPS) is 33.3. The average molecular weight is 176 g/mol. The quantitative estimate of drug-likeness (QED) is 0.503. The van der Waals surface area contributed by atoms with Crippen molar-refractivity contribution in [3.05, 3.63) is 0 Å². The Bertz CT molecular complexity index is 106. The summed E-state index contributed by atoms with van der Waals surface area (Å²) in [7, 11) is 0. The maximum Gasteiger partial charge on any atom is 0.0489 e. The van der Waals surface area contributed by atoms with Gasteiger partial charge in [0.25, 0.3) is 0 Å². The van der Waals surface area contributed by atoms with E-state index in [1.807, 2.05) is 0 Å². The molecule has 0 aliphatic heterocycles. The van der Waals surface area contributed by atoms with Crippen molar-refractivity contribution in [2.75, 3.05) is 6.54 Å². The van der Waals surface area contributed by atoms with Crippen molar-refractivity contribution in [2.45, 2.75) is 50.4 Å². The van der Waals surface area contributed by atoms with Gasteiger partial charge in [-0.15, -0.1) is 11.6 Å². The average Bonchev–Trinajstić information content (AvgIpc) is 2.18. The first-order chi connectivity index (χ1) is 5.34. The van der Waals surface area contributed by atoms with Crippen molar-refractivity contribution in [3.63, 3.8) is 0 Å². The minimum Gasteiger partial charge on any atom is -0.313 e. The van der Waals surface area contributed by atoms with Crippen LogP contribution in [0.4, 0.5) is 0 Å². The molecule has 1 saturated carbocycles. The van der Waals surface area contributed by atoms with Crippen LogP contribution in [0, 0.1) is 0 Å². The van der Waals surface area contributed by atoms with Gasteiger partial charge >= 0.3 is 0 Å². The molecule has 0 aromatic heterocycles. The van der Waals surface area contributed by atoms with E-state index >= 15 is 0 Å². The number of hydrogen-bond donors (Lipinski definition) is 1. The summed E-state index contributed by atoms with van der Waals surface area (Å²) in [5, 5.41) is 3.81. The molecule has 1 nitrogen and oxygen atoms in total. The second kappa shape index (κ2) is 5.00.